The summed E-state index contributed by atoms with van der Waals surface area (Å²) >= 11 is 0. The molecular weight excluding hydrogens is 338 g/mol. The lowest BCUT2D eigenvalue weighted by Gasteiger charge is -2.23. The van der Waals surface area contributed by atoms with Crippen LogP contribution >= 0.6 is 0 Å². The Morgan fingerprint density at radius 1 is 0.963 bits per heavy atom. The Morgan fingerprint density at radius 2 is 1.59 bits per heavy atom. The molecule has 138 valence electrons. The van der Waals surface area contributed by atoms with Crippen LogP contribution in [-0.4, -0.2) is 15.7 Å². The molecule has 1 unspecified atom stereocenters. The zero-order valence-electron chi connectivity index (χ0n) is 15.5. The Kier molecular flexibility index (Phi) is 5.81. The van der Waals surface area contributed by atoms with Gasteiger partial charge in [-0.2, -0.15) is 5.10 Å². The number of rotatable bonds is 6. The molecule has 0 saturated carbocycles. The summed E-state index contributed by atoms with van der Waals surface area (Å²) in [6.45, 7) is 3.99. The summed E-state index contributed by atoms with van der Waals surface area (Å²) in [4.78, 5) is 24.7. The number of aromatic nitrogens is 2. The minimum Gasteiger partial charge on any atom is -0.347 e. The quantitative estimate of drug-likeness (QED) is 0.732. The van der Waals surface area contributed by atoms with Gasteiger partial charge in [-0.05, 0) is 17.5 Å². The minimum absolute atomic E-state index is 0.116. The van der Waals surface area contributed by atoms with Gasteiger partial charge in [-0.1, -0.05) is 74.5 Å². The lowest BCUT2D eigenvalue weighted by Crippen LogP contribution is -2.37. The van der Waals surface area contributed by atoms with E-state index in [4.69, 9.17) is 0 Å². The van der Waals surface area contributed by atoms with Crippen LogP contribution in [0.5, 0.6) is 0 Å². The Morgan fingerprint density at radius 3 is 2.22 bits per heavy atom. The molecule has 5 nitrogen and oxygen atoms in total. The number of hydrogen-bond donors (Lipinski definition) is 1. The van der Waals surface area contributed by atoms with Crippen LogP contribution < -0.4 is 10.9 Å². The van der Waals surface area contributed by atoms with Crippen molar-refractivity contribution in [1.29, 1.82) is 0 Å². The average Bonchev–Trinajstić information content (AvgIpc) is 2.69. The molecule has 27 heavy (non-hydrogen) atoms. The molecule has 2 aromatic carbocycles. The van der Waals surface area contributed by atoms with Crippen molar-refractivity contribution in [3.63, 3.8) is 0 Å². The van der Waals surface area contributed by atoms with Crippen molar-refractivity contribution in [2.45, 2.75) is 26.4 Å². The van der Waals surface area contributed by atoms with Crippen LogP contribution in [0.3, 0.4) is 0 Å². The Hall–Kier alpha value is -3.21. The first-order valence-corrected chi connectivity index (χ1v) is 9.02. The van der Waals surface area contributed by atoms with Crippen LogP contribution in [0.4, 0.5) is 0 Å². The second-order valence-electron chi connectivity index (χ2n) is 6.78. The van der Waals surface area contributed by atoms with E-state index in [2.05, 4.69) is 24.3 Å². The van der Waals surface area contributed by atoms with Crippen molar-refractivity contribution < 1.29 is 4.79 Å². The van der Waals surface area contributed by atoms with Gasteiger partial charge in [-0.15, -0.1) is 0 Å². The largest absolute Gasteiger partial charge is 0.347 e. The van der Waals surface area contributed by atoms with Crippen LogP contribution in [0.2, 0.25) is 0 Å². The van der Waals surface area contributed by atoms with Crippen LogP contribution in [-0.2, 0) is 11.3 Å². The normalized spacial score (nSPS) is 12.0. The summed E-state index contributed by atoms with van der Waals surface area (Å²) in [6.07, 6.45) is 0. The average molecular weight is 361 g/mol. The van der Waals surface area contributed by atoms with Gasteiger partial charge >= 0.3 is 0 Å². The summed E-state index contributed by atoms with van der Waals surface area (Å²) in [5.41, 5.74) is 2.30. The first kappa shape index (κ1) is 18.6. The van der Waals surface area contributed by atoms with Crippen LogP contribution in [0, 0.1) is 5.92 Å². The zero-order chi connectivity index (χ0) is 19.2. The standard InChI is InChI=1S/C22H23N3O2/c1-16(2)22(18-11-7-4-8-12-18)23-20(26)15-25-21(27)14-13-19(24-25)17-9-5-3-6-10-17/h3-14,16,22H,15H2,1-2H3,(H,23,26). The number of amides is 1. The molecule has 1 atom stereocenters. The zero-order valence-corrected chi connectivity index (χ0v) is 15.5. The molecule has 3 rings (SSSR count). The predicted molar refractivity (Wildman–Crippen MR) is 106 cm³/mol. The highest BCUT2D eigenvalue weighted by Gasteiger charge is 2.18. The van der Waals surface area contributed by atoms with Crippen molar-refractivity contribution in [1.82, 2.24) is 15.1 Å². The van der Waals surface area contributed by atoms with Gasteiger partial charge < -0.3 is 5.32 Å². The maximum atomic E-state index is 12.6. The molecule has 0 aliphatic heterocycles. The number of nitrogens with zero attached hydrogens (tertiary/aromatic N) is 2. The van der Waals surface area contributed by atoms with Gasteiger partial charge in [0, 0.05) is 11.6 Å². The van der Waals surface area contributed by atoms with Crippen molar-refractivity contribution >= 4 is 5.91 Å². The fourth-order valence-electron chi connectivity index (χ4n) is 2.98. The van der Waals surface area contributed by atoms with E-state index in [1.54, 1.807) is 6.07 Å². The first-order chi connectivity index (χ1) is 13.0. The highest BCUT2D eigenvalue weighted by Crippen LogP contribution is 2.21. The maximum Gasteiger partial charge on any atom is 0.267 e. The topological polar surface area (TPSA) is 64.0 Å². The molecule has 3 aromatic rings. The van der Waals surface area contributed by atoms with E-state index < -0.39 is 0 Å². The molecule has 1 amide bonds. The van der Waals surface area contributed by atoms with E-state index in [9.17, 15) is 9.59 Å². The molecule has 0 fully saturated rings. The summed E-state index contributed by atoms with van der Waals surface area (Å²) in [5, 5.41) is 7.38. The highest BCUT2D eigenvalue weighted by atomic mass is 16.2. The van der Waals surface area contributed by atoms with Gasteiger partial charge in [0.15, 0.2) is 0 Å². The van der Waals surface area contributed by atoms with E-state index in [0.717, 1.165) is 11.1 Å². The molecule has 0 radical (unpaired) electrons. The minimum atomic E-state index is -0.300. The van der Waals surface area contributed by atoms with Crippen LogP contribution in [0.1, 0.15) is 25.5 Å². The number of nitrogens with one attached hydrogen (secondary N) is 1. The number of hydrogen-bond acceptors (Lipinski definition) is 3. The van der Waals surface area contributed by atoms with Crippen molar-refractivity contribution in [2.75, 3.05) is 0 Å². The van der Waals surface area contributed by atoms with E-state index in [0.29, 0.717) is 5.69 Å². The SMILES string of the molecule is CC(C)C(NC(=O)Cn1nc(-c2ccccc2)ccc1=O)c1ccccc1. The van der Waals surface area contributed by atoms with Gasteiger partial charge in [0.05, 0.1) is 11.7 Å². The second kappa shape index (κ2) is 8.45. The van der Waals surface area contributed by atoms with Gasteiger partial charge in [0.1, 0.15) is 6.54 Å². The third kappa shape index (κ3) is 4.70. The number of carbonyl (C=O) groups excluding carboxylic acids is 1. The molecule has 1 heterocycles. The molecule has 0 spiro atoms. The Labute approximate surface area is 158 Å². The molecule has 0 aliphatic rings. The monoisotopic (exact) mass is 361 g/mol. The molecule has 0 bridgehead atoms. The lowest BCUT2D eigenvalue weighted by molar-refractivity contribution is -0.123. The number of carbonyl (C=O) groups is 1. The van der Waals surface area contributed by atoms with E-state index >= 15 is 0 Å². The fraction of sp³-hybridized carbons (Fsp3) is 0.227. The van der Waals surface area contributed by atoms with Crippen molar-refractivity contribution in [3.05, 3.63) is 88.7 Å². The van der Waals surface area contributed by atoms with E-state index in [-0.39, 0.29) is 30.0 Å². The predicted octanol–water partition coefficient (Wildman–Crippen LogP) is 3.42. The molecular formula is C22H23N3O2. The van der Waals surface area contributed by atoms with Gasteiger partial charge in [0.2, 0.25) is 5.91 Å². The van der Waals surface area contributed by atoms with E-state index in [1.807, 2.05) is 60.7 Å². The Balaban J connectivity index is 1.78. The highest BCUT2D eigenvalue weighted by molar-refractivity contribution is 5.76. The third-order valence-corrected chi connectivity index (χ3v) is 4.37. The first-order valence-electron chi connectivity index (χ1n) is 9.02. The smallest absolute Gasteiger partial charge is 0.267 e. The van der Waals surface area contributed by atoms with Crippen molar-refractivity contribution in [2.24, 2.45) is 5.92 Å². The summed E-state index contributed by atoms with van der Waals surface area (Å²) in [6, 6.07) is 22.4. The lowest BCUT2D eigenvalue weighted by atomic mass is 9.96. The molecule has 0 saturated heterocycles. The molecule has 0 aliphatic carbocycles. The van der Waals surface area contributed by atoms with Crippen LogP contribution in [0.15, 0.2) is 77.6 Å². The van der Waals surface area contributed by atoms with Crippen molar-refractivity contribution in [3.8, 4) is 11.3 Å². The fourth-order valence-corrected chi connectivity index (χ4v) is 2.98. The number of benzene rings is 2. The van der Waals surface area contributed by atoms with Gasteiger partial charge in [-0.3, -0.25) is 9.59 Å². The second-order valence-corrected chi connectivity index (χ2v) is 6.78. The third-order valence-electron chi connectivity index (χ3n) is 4.37. The van der Waals surface area contributed by atoms with Crippen LogP contribution in [0.25, 0.3) is 11.3 Å². The Bertz CT molecular complexity index is 950. The maximum absolute atomic E-state index is 12.6. The molecule has 1 aromatic heterocycles. The summed E-state index contributed by atoms with van der Waals surface area (Å²) in [7, 11) is 0. The van der Waals surface area contributed by atoms with Gasteiger partial charge in [0.25, 0.3) is 5.56 Å². The summed E-state index contributed by atoms with van der Waals surface area (Å²) in [5.74, 6) is -0.0194. The van der Waals surface area contributed by atoms with Gasteiger partial charge in [-0.25, -0.2) is 4.68 Å². The van der Waals surface area contributed by atoms with E-state index in [1.165, 1.54) is 10.7 Å². The molecule has 1 N–H and O–H groups in total. The molecule has 5 heteroatoms. The summed E-state index contributed by atoms with van der Waals surface area (Å²) < 4.78 is 1.21.